The molecule has 4 heteroatoms. The van der Waals surface area contributed by atoms with Gasteiger partial charge in [0.15, 0.2) is 0 Å². The normalized spacial score (nSPS) is 13.0. The van der Waals surface area contributed by atoms with Gasteiger partial charge in [-0.05, 0) is 82.6 Å². The minimum Gasteiger partial charge on any atom is -0.311 e. The third kappa shape index (κ3) is 3.35. The molecule has 5 aromatic carbocycles. The highest BCUT2D eigenvalue weighted by Crippen LogP contribution is 2.43. The van der Waals surface area contributed by atoms with Gasteiger partial charge in [-0.25, -0.2) is 0 Å². The summed E-state index contributed by atoms with van der Waals surface area (Å²) in [5.74, 6) is 0. The fraction of sp³-hybridized carbons (Fsp3) is 0. The fourth-order valence-electron chi connectivity index (χ4n) is 6.29. The number of aromatic nitrogens is 1. The van der Waals surface area contributed by atoms with Gasteiger partial charge in [0.2, 0.25) is 0 Å². The van der Waals surface area contributed by atoms with Crippen LogP contribution in [-0.2, 0) is 0 Å². The SMILES string of the molecule is c1ccc(N2c3ccccc3B3c4cc(-c5ccccn5)ccc4N(c4ccccc4)c4cccc2c43)cc1. The average molecular weight is 497 g/mol. The molecule has 6 aromatic rings. The van der Waals surface area contributed by atoms with E-state index in [1.165, 1.54) is 39.1 Å². The van der Waals surface area contributed by atoms with Crippen LogP contribution in [0.2, 0.25) is 0 Å². The summed E-state index contributed by atoms with van der Waals surface area (Å²) in [6.07, 6.45) is 1.87. The van der Waals surface area contributed by atoms with Gasteiger partial charge >= 0.3 is 0 Å². The predicted octanol–water partition coefficient (Wildman–Crippen LogP) is 6.83. The number of hydrogen-bond acceptors (Lipinski definition) is 3. The Morgan fingerprint density at radius 1 is 0.462 bits per heavy atom. The highest BCUT2D eigenvalue weighted by Gasteiger charge is 2.42. The van der Waals surface area contributed by atoms with Gasteiger partial charge in [-0.1, -0.05) is 78.9 Å². The van der Waals surface area contributed by atoms with Crippen LogP contribution in [0, 0.1) is 0 Å². The van der Waals surface area contributed by atoms with Crippen LogP contribution in [-0.4, -0.2) is 11.7 Å². The van der Waals surface area contributed by atoms with Gasteiger partial charge in [-0.2, -0.15) is 0 Å². The van der Waals surface area contributed by atoms with Crippen LogP contribution in [0.25, 0.3) is 11.3 Å². The molecule has 0 unspecified atom stereocenters. The van der Waals surface area contributed by atoms with Crippen LogP contribution in [0.1, 0.15) is 0 Å². The molecule has 1 aromatic heterocycles. The number of pyridine rings is 1. The van der Waals surface area contributed by atoms with E-state index in [1.807, 2.05) is 12.3 Å². The summed E-state index contributed by atoms with van der Waals surface area (Å²) >= 11 is 0. The Balaban J connectivity index is 1.45. The van der Waals surface area contributed by atoms with Gasteiger partial charge in [0.1, 0.15) is 0 Å². The van der Waals surface area contributed by atoms with E-state index >= 15 is 0 Å². The van der Waals surface area contributed by atoms with Crippen molar-refractivity contribution in [2.24, 2.45) is 0 Å². The quantitative estimate of drug-likeness (QED) is 0.250. The summed E-state index contributed by atoms with van der Waals surface area (Å²) in [5, 5.41) is 0. The first kappa shape index (κ1) is 21.9. The van der Waals surface area contributed by atoms with E-state index in [1.54, 1.807) is 0 Å². The van der Waals surface area contributed by atoms with Crippen LogP contribution < -0.4 is 26.2 Å². The molecule has 0 bridgehead atoms. The van der Waals surface area contributed by atoms with Crippen LogP contribution in [0.3, 0.4) is 0 Å². The molecule has 0 radical (unpaired) electrons. The molecular formula is C35H24BN3. The van der Waals surface area contributed by atoms with Gasteiger partial charge < -0.3 is 9.80 Å². The number of nitrogens with zero attached hydrogens (tertiary/aromatic N) is 3. The monoisotopic (exact) mass is 497 g/mol. The minimum atomic E-state index is 0.103. The van der Waals surface area contributed by atoms with E-state index < -0.39 is 0 Å². The van der Waals surface area contributed by atoms with Crippen LogP contribution in [0.5, 0.6) is 0 Å². The molecule has 0 fully saturated rings. The zero-order valence-electron chi connectivity index (χ0n) is 21.3. The van der Waals surface area contributed by atoms with Crippen molar-refractivity contribution in [2.75, 3.05) is 9.80 Å². The van der Waals surface area contributed by atoms with E-state index in [9.17, 15) is 0 Å². The van der Waals surface area contributed by atoms with Crippen molar-refractivity contribution in [3.8, 4) is 11.3 Å². The zero-order chi connectivity index (χ0) is 25.8. The third-order valence-corrected chi connectivity index (χ3v) is 7.89. The Morgan fingerprint density at radius 3 is 1.72 bits per heavy atom. The third-order valence-electron chi connectivity index (χ3n) is 7.89. The molecule has 3 heterocycles. The van der Waals surface area contributed by atoms with Crippen molar-refractivity contribution in [3.05, 3.63) is 146 Å². The maximum Gasteiger partial charge on any atom is 0.252 e. The van der Waals surface area contributed by atoms with Gasteiger partial charge in [0.05, 0.1) is 5.69 Å². The highest BCUT2D eigenvalue weighted by atomic mass is 15.2. The Hall–Kier alpha value is -5.09. The lowest BCUT2D eigenvalue weighted by atomic mass is 9.33. The van der Waals surface area contributed by atoms with Gasteiger partial charge in [0, 0.05) is 40.3 Å². The Labute approximate surface area is 228 Å². The van der Waals surface area contributed by atoms with Gasteiger partial charge in [0.25, 0.3) is 6.71 Å². The van der Waals surface area contributed by atoms with Crippen molar-refractivity contribution in [1.29, 1.82) is 0 Å². The largest absolute Gasteiger partial charge is 0.311 e. The summed E-state index contributed by atoms with van der Waals surface area (Å²) in [7, 11) is 0. The standard InChI is InChI=1S/C35H24BN3/c1-3-12-26(13-4-1)38-31-18-8-7-16-28(31)36-29-24-25(30-17-9-10-23-37-30)21-22-32(29)39(27-14-5-2-6-15-27)34-20-11-19-33(38)35(34)36/h1-24H. The molecule has 0 atom stereocenters. The number of para-hydroxylation sites is 3. The van der Waals surface area contributed by atoms with Crippen molar-refractivity contribution in [2.45, 2.75) is 0 Å². The molecule has 182 valence electrons. The lowest BCUT2D eigenvalue weighted by Crippen LogP contribution is -2.61. The molecule has 0 aliphatic carbocycles. The smallest absolute Gasteiger partial charge is 0.252 e. The highest BCUT2D eigenvalue weighted by molar-refractivity contribution is 7.00. The summed E-state index contributed by atoms with van der Waals surface area (Å²) in [4.78, 5) is 9.51. The lowest BCUT2D eigenvalue weighted by molar-refractivity contribution is 1.25. The molecule has 8 rings (SSSR count). The van der Waals surface area contributed by atoms with E-state index in [2.05, 4.69) is 148 Å². The molecule has 0 spiro atoms. The van der Waals surface area contributed by atoms with Crippen molar-refractivity contribution < 1.29 is 0 Å². The molecular weight excluding hydrogens is 473 g/mol. The first-order valence-corrected chi connectivity index (χ1v) is 13.4. The van der Waals surface area contributed by atoms with Gasteiger partial charge in [-0.3, -0.25) is 4.98 Å². The number of anilines is 6. The number of benzene rings is 5. The molecule has 39 heavy (non-hydrogen) atoms. The van der Waals surface area contributed by atoms with E-state index in [-0.39, 0.29) is 6.71 Å². The molecule has 3 nitrogen and oxygen atoms in total. The molecule has 2 aliphatic rings. The van der Waals surface area contributed by atoms with E-state index in [4.69, 9.17) is 0 Å². The number of hydrogen-bond donors (Lipinski definition) is 0. The fourth-order valence-corrected chi connectivity index (χ4v) is 6.29. The van der Waals surface area contributed by atoms with Crippen LogP contribution in [0.4, 0.5) is 34.1 Å². The minimum absolute atomic E-state index is 0.103. The maximum atomic E-state index is 4.68. The first-order chi connectivity index (χ1) is 19.4. The summed E-state index contributed by atoms with van der Waals surface area (Å²) in [6.45, 7) is 0.103. The first-order valence-electron chi connectivity index (χ1n) is 13.4. The van der Waals surface area contributed by atoms with Crippen molar-refractivity contribution in [3.63, 3.8) is 0 Å². The Morgan fingerprint density at radius 2 is 1.05 bits per heavy atom. The molecule has 0 amide bonds. The second-order valence-electron chi connectivity index (χ2n) is 10.0. The van der Waals surface area contributed by atoms with E-state index in [0.717, 1.165) is 22.6 Å². The van der Waals surface area contributed by atoms with Gasteiger partial charge in [-0.15, -0.1) is 0 Å². The number of fused-ring (bicyclic) bond motifs is 4. The maximum absolute atomic E-state index is 4.68. The van der Waals surface area contributed by atoms with Crippen molar-refractivity contribution >= 4 is 57.2 Å². The van der Waals surface area contributed by atoms with E-state index in [0.29, 0.717) is 0 Å². The molecule has 0 saturated carbocycles. The topological polar surface area (TPSA) is 19.4 Å². The summed E-state index contributed by atoms with van der Waals surface area (Å²) < 4.78 is 0. The average Bonchev–Trinajstić information content (AvgIpc) is 3.02. The second kappa shape index (κ2) is 8.75. The molecule has 2 aliphatic heterocycles. The molecule has 0 saturated heterocycles. The molecule has 0 N–H and O–H groups in total. The second-order valence-corrected chi connectivity index (χ2v) is 10.0. The predicted molar refractivity (Wildman–Crippen MR) is 164 cm³/mol. The Bertz CT molecular complexity index is 1810. The van der Waals surface area contributed by atoms with Crippen molar-refractivity contribution in [1.82, 2.24) is 4.98 Å². The summed E-state index contributed by atoms with van der Waals surface area (Å²) in [6, 6.07) is 49.9. The lowest BCUT2D eigenvalue weighted by Gasteiger charge is -2.44. The van der Waals surface area contributed by atoms with Crippen LogP contribution >= 0.6 is 0 Å². The Kier molecular flexibility index (Phi) is 4.92. The zero-order valence-corrected chi connectivity index (χ0v) is 21.3. The van der Waals surface area contributed by atoms with Crippen LogP contribution in [0.15, 0.2) is 146 Å². The number of rotatable bonds is 3. The summed E-state index contributed by atoms with van der Waals surface area (Å²) in [5.41, 5.74) is 13.2.